The van der Waals surface area contributed by atoms with Crippen LogP contribution in [0.4, 0.5) is 5.69 Å². The van der Waals surface area contributed by atoms with Crippen LogP contribution in [-0.2, 0) is 0 Å². The molecule has 0 atom stereocenters. The van der Waals surface area contributed by atoms with E-state index in [-0.39, 0.29) is 17.3 Å². The predicted molar refractivity (Wildman–Crippen MR) is 94.1 cm³/mol. The van der Waals surface area contributed by atoms with Gasteiger partial charge in [-0.15, -0.1) is 0 Å². The van der Waals surface area contributed by atoms with Gasteiger partial charge in [-0.25, -0.2) is 4.98 Å². The summed E-state index contributed by atoms with van der Waals surface area (Å²) in [5.74, 6) is 0.898. The fourth-order valence-corrected chi connectivity index (χ4v) is 2.38. The van der Waals surface area contributed by atoms with Crippen molar-refractivity contribution in [1.82, 2.24) is 4.98 Å². The van der Waals surface area contributed by atoms with E-state index in [9.17, 15) is 10.1 Å². The van der Waals surface area contributed by atoms with Crippen molar-refractivity contribution < 1.29 is 14.4 Å². The van der Waals surface area contributed by atoms with Gasteiger partial charge in [0.1, 0.15) is 0 Å². The van der Waals surface area contributed by atoms with Crippen molar-refractivity contribution in [2.45, 2.75) is 0 Å². The monoisotopic (exact) mass is 347 g/mol. The number of nitro groups is 1. The normalized spacial score (nSPS) is 10.0. The molecule has 26 heavy (non-hydrogen) atoms. The lowest BCUT2D eigenvalue weighted by Gasteiger charge is -2.11. The molecule has 0 aliphatic rings. The molecule has 0 aliphatic heterocycles. The first kappa shape index (κ1) is 16.9. The number of nitrogens with zero attached hydrogens (tertiary/aromatic N) is 3. The summed E-state index contributed by atoms with van der Waals surface area (Å²) in [6.45, 7) is 0. The molecule has 0 fully saturated rings. The predicted octanol–water partition coefficient (Wildman–Crippen LogP) is 4.33. The van der Waals surface area contributed by atoms with Crippen LogP contribution in [0.25, 0.3) is 11.3 Å². The van der Waals surface area contributed by atoms with Crippen LogP contribution in [0.1, 0.15) is 5.56 Å². The molecule has 0 amide bonds. The van der Waals surface area contributed by atoms with E-state index in [1.54, 1.807) is 42.5 Å². The summed E-state index contributed by atoms with van der Waals surface area (Å²) < 4.78 is 11.0. The van der Waals surface area contributed by atoms with Crippen molar-refractivity contribution in [3.63, 3.8) is 0 Å². The minimum Gasteiger partial charge on any atom is -0.493 e. The Bertz CT molecular complexity index is 997. The molecule has 0 radical (unpaired) electrons. The SMILES string of the molecule is COc1cc(C#N)ccc1Oc1ccc([N+](=O)[O-])c(-c2ccccc2)n1. The second-order valence-electron chi connectivity index (χ2n) is 5.22. The van der Waals surface area contributed by atoms with E-state index in [0.717, 1.165) is 0 Å². The lowest BCUT2D eigenvalue weighted by molar-refractivity contribution is -0.384. The van der Waals surface area contributed by atoms with Crippen molar-refractivity contribution in [1.29, 1.82) is 5.26 Å². The summed E-state index contributed by atoms with van der Waals surface area (Å²) in [6.07, 6.45) is 0. The van der Waals surface area contributed by atoms with Crippen LogP contribution < -0.4 is 9.47 Å². The smallest absolute Gasteiger partial charge is 0.295 e. The summed E-state index contributed by atoms with van der Waals surface area (Å²) in [5, 5.41) is 20.3. The molecular weight excluding hydrogens is 334 g/mol. The molecule has 0 spiro atoms. The van der Waals surface area contributed by atoms with Gasteiger partial charge >= 0.3 is 0 Å². The number of hydrogen-bond donors (Lipinski definition) is 0. The maximum atomic E-state index is 11.3. The van der Waals surface area contributed by atoms with Crippen LogP contribution in [0.5, 0.6) is 17.4 Å². The summed E-state index contributed by atoms with van der Waals surface area (Å²) in [7, 11) is 1.46. The van der Waals surface area contributed by atoms with Crippen molar-refractivity contribution in [3.8, 4) is 34.7 Å². The van der Waals surface area contributed by atoms with E-state index in [4.69, 9.17) is 14.7 Å². The second kappa shape index (κ2) is 7.32. The van der Waals surface area contributed by atoms with E-state index < -0.39 is 4.92 Å². The lowest BCUT2D eigenvalue weighted by atomic mass is 10.1. The number of rotatable bonds is 5. The molecule has 0 saturated heterocycles. The summed E-state index contributed by atoms with van der Waals surface area (Å²) >= 11 is 0. The fourth-order valence-electron chi connectivity index (χ4n) is 2.38. The van der Waals surface area contributed by atoms with Gasteiger partial charge in [0.2, 0.25) is 5.88 Å². The van der Waals surface area contributed by atoms with E-state index in [1.165, 1.54) is 19.2 Å². The van der Waals surface area contributed by atoms with Gasteiger partial charge in [0.15, 0.2) is 17.2 Å². The molecule has 0 N–H and O–H groups in total. The van der Waals surface area contributed by atoms with Crippen LogP contribution in [-0.4, -0.2) is 17.0 Å². The van der Waals surface area contributed by atoms with Gasteiger partial charge < -0.3 is 9.47 Å². The molecule has 0 unspecified atom stereocenters. The molecule has 3 rings (SSSR count). The highest BCUT2D eigenvalue weighted by Crippen LogP contribution is 2.35. The molecule has 128 valence electrons. The van der Waals surface area contributed by atoms with Gasteiger partial charge in [0.25, 0.3) is 5.69 Å². The molecule has 2 aromatic carbocycles. The molecule has 1 heterocycles. The van der Waals surface area contributed by atoms with Crippen molar-refractivity contribution in [3.05, 3.63) is 76.3 Å². The molecule has 0 aliphatic carbocycles. The topological polar surface area (TPSA) is 98.3 Å². The number of aromatic nitrogens is 1. The molecule has 0 bridgehead atoms. The first-order valence-corrected chi connectivity index (χ1v) is 7.59. The van der Waals surface area contributed by atoms with Crippen molar-refractivity contribution in [2.24, 2.45) is 0 Å². The minimum absolute atomic E-state index is 0.115. The molecule has 0 saturated carbocycles. The average molecular weight is 347 g/mol. The molecular formula is C19H13N3O4. The Morgan fingerprint density at radius 1 is 1.08 bits per heavy atom. The third-order valence-electron chi connectivity index (χ3n) is 3.60. The third kappa shape index (κ3) is 3.44. The van der Waals surface area contributed by atoms with Gasteiger partial charge in [-0.1, -0.05) is 30.3 Å². The highest BCUT2D eigenvalue weighted by atomic mass is 16.6. The number of nitriles is 1. The molecule has 7 nitrogen and oxygen atoms in total. The van der Waals surface area contributed by atoms with Crippen molar-refractivity contribution in [2.75, 3.05) is 7.11 Å². The molecule has 7 heteroatoms. The maximum Gasteiger partial charge on any atom is 0.295 e. The van der Waals surface area contributed by atoms with E-state index in [0.29, 0.717) is 22.6 Å². The van der Waals surface area contributed by atoms with E-state index in [2.05, 4.69) is 4.98 Å². The Labute approximate surface area is 149 Å². The van der Waals surface area contributed by atoms with Gasteiger partial charge in [-0.2, -0.15) is 5.26 Å². The number of ether oxygens (including phenoxy) is 2. The van der Waals surface area contributed by atoms with Crippen molar-refractivity contribution >= 4 is 5.69 Å². The number of hydrogen-bond acceptors (Lipinski definition) is 6. The highest BCUT2D eigenvalue weighted by molar-refractivity contribution is 5.70. The van der Waals surface area contributed by atoms with Gasteiger partial charge in [-0.3, -0.25) is 10.1 Å². The Morgan fingerprint density at radius 3 is 2.50 bits per heavy atom. The molecule has 3 aromatic rings. The Balaban J connectivity index is 2.03. The van der Waals surface area contributed by atoms with Crippen LogP contribution >= 0.6 is 0 Å². The molecule has 1 aromatic heterocycles. The number of methoxy groups -OCH3 is 1. The van der Waals surface area contributed by atoms with Gasteiger partial charge in [-0.05, 0) is 12.1 Å². The van der Waals surface area contributed by atoms with Crippen LogP contribution in [0.3, 0.4) is 0 Å². The Hall–Kier alpha value is -3.92. The summed E-state index contributed by atoms with van der Waals surface area (Å²) in [4.78, 5) is 15.1. The Morgan fingerprint density at radius 2 is 1.85 bits per heavy atom. The first-order valence-electron chi connectivity index (χ1n) is 7.59. The fraction of sp³-hybridized carbons (Fsp3) is 0.0526. The van der Waals surface area contributed by atoms with E-state index in [1.807, 2.05) is 12.1 Å². The number of benzene rings is 2. The summed E-state index contributed by atoms with van der Waals surface area (Å²) in [6, 6.07) is 18.3. The highest BCUT2D eigenvalue weighted by Gasteiger charge is 2.19. The summed E-state index contributed by atoms with van der Waals surface area (Å²) in [5.41, 5.74) is 1.13. The van der Waals surface area contributed by atoms with Gasteiger partial charge in [0.05, 0.1) is 23.7 Å². The van der Waals surface area contributed by atoms with E-state index >= 15 is 0 Å². The van der Waals surface area contributed by atoms with Crippen LogP contribution in [0, 0.1) is 21.4 Å². The Kier molecular flexibility index (Phi) is 4.76. The first-order chi connectivity index (χ1) is 12.6. The lowest BCUT2D eigenvalue weighted by Crippen LogP contribution is -1.98. The van der Waals surface area contributed by atoms with Gasteiger partial charge in [0, 0.05) is 23.8 Å². The number of pyridine rings is 1. The zero-order valence-electron chi connectivity index (χ0n) is 13.7. The third-order valence-corrected chi connectivity index (χ3v) is 3.60. The average Bonchev–Trinajstić information content (AvgIpc) is 2.68. The maximum absolute atomic E-state index is 11.3. The standard InChI is InChI=1S/C19H13N3O4/c1-25-17-11-13(12-20)7-9-16(17)26-18-10-8-15(22(23)24)19(21-18)14-5-3-2-4-6-14/h2-11H,1H3. The largest absolute Gasteiger partial charge is 0.493 e. The van der Waals surface area contributed by atoms with Crippen LogP contribution in [0.15, 0.2) is 60.7 Å². The van der Waals surface area contributed by atoms with Crippen LogP contribution in [0.2, 0.25) is 0 Å². The second-order valence-corrected chi connectivity index (χ2v) is 5.22. The minimum atomic E-state index is -0.485. The zero-order chi connectivity index (χ0) is 18.5. The zero-order valence-corrected chi connectivity index (χ0v) is 13.7. The quantitative estimate of drug-likeness (QED) is 0.503.